The van der Waals surface area contributed by atoms with Gasteiger partial charge >= 0.3 is 0 Å². The van der Waals surface area contributed by atoms with Crippen molar-refractivity contribution in [3.8, 4) is 0 Å². The second-order valence-electron chi connectivity index (χ2n) is 6.71. The molecule has 1 aliphatic rings. The van der Waals surface area contributed by atoms with Crippen molar-refractivity contribution in [3.63, 3.8) is 0 Å². The Balaban J connectivity index is 1.38. The van der Waals surface area contributed by atoms with Crippen molar-refractivity contribution in [1.29, 1.82) is 0 Å². The van der Waals surface area contributed by atoms with Gasteiger partial charge in [-0.3, -0.25) is 14.5 Å². The summed E-state index contributed by atoms with van der Waals surface area (Å²) in [6.45, 7) is 3.30. The first kappa shape index (κ1) is 20.0. The number of hydrogen-bond acceptors (Lipinski definition) is 4. The Morgan fingerprint density at radius 3 is 2.57 bits per heavy atom. The molecule has 0 saturated carbocycles. The van der Waals surface area contributed by atoms with E-state index < -0.39 is 11.7 Å². The molecule has 6 nitrogen and oxygen atoms in total. The van der Waals surface area contributed by atoms with Crippen LogP contribution in [-0.2, 0) is 16.1 Å². The van der Waals surface area contributed by atoms with Gasteiger partial charge < -0.3 is 15.4 Å². The molecule has 28 heavy (non-hydrogen) atoms. The maximum atomic E-state index is 12.9. The van der Waals surface area contributed by atoms with Crippen LogP contribution in [-0.4, -0.2) is 55.6 Å². The number of carbonyl (C=O) groups is 2. The summed E-state index contributed by atoms with van der Waals surface area (Å²) in [5.41, 5.74) is 1.55. The first-order valence-electron chi connectivity index (χ1n) is 9.28. The molecular formula is C21H24FN3O3. The number of nitrogens with one attached hydrogen (secondary N) is 2. The zero-order valence-corrected chi connectivity index (χ0v) is 15.6. The third-order valence-electron chi connectivity index (χ3n) is 4.51. The van der Waals surface area contributed by atoms with Gasteiger partial charge in [-0.25, -0.2) is 4.39 Å². The fraction of sp³-hybridized carbons (Fsp3) is 0.333. The van der Waals surface area contributed by atoms with Gasteiger partial charge in [-0.15, -0.1) is 0 Å². The van der Waals surface area contributed by atoms with Crippen LogP contribution < -0.4 is 10.6 Å². The maximum Gasteiger partial charge on any atom is 0.251 e. The highest BCUT2D eigenvalue weighted by Gasteiger charge is 2.21. The van der Waals surface area contributed by atoms with Crippen LogP contribution in [0, 0.1) is 5.82 Å². The molecule has 0 radical (unpaired) electrons. The number of rotatable bonds is 7. The lowest BCUT2D eigenvalue weighted by Gasteiger charge is -2.33. The summed E-state index contributed by atoms with van der Waals surface area (Å²) in [6, 6.07) is 15.4. The average Bonchev–Trinajstić information content (AvgIpc) is 2.72. The number of hydrogen-bond donors (Lipinski definition) is 2. The lowest BCUT2D eigenvalue weighted by Crippen LogP contribution is -2.48. The average molecular weight is 385 g/mol. The molecule has 1 fully saturated rings. The fourth-order valence-corrected chi connectivity index (χ4v) is 3.04. The summed E-state index contributed by atoms with van der Waals surface area (Å²) in [7, 11) is 0. The van der Waals surface area contributed by atoms with Gasteiger partial charge in [0.25, 0.3) is 5.91 Å². The molecule has 2 aromatic rings. The van der Waals surface area contributed by atoms with Crippen molar-refractivity contribution in [3.05, 3.63) is 71.5 Å². The van der Waals surface area contributed by atoms with Crippen LogP contribution in [0.5, 0.6) is 0 Å². The fourth-order valence-electron chi connectivity index (χ4n) is 3.04. The standard InChI is InChI=1S/C21H24FN3O3/c22-18-8-6-17(7-9-18)21(27)24-13-20(26)23-12-19-15-25(10-11-28-19)14-16-4-2-1-3-5-16/h1-9,19H,10-15H2,(H,23,26)(H,24,27). The molecule has 0 aromatic heterocycles. The number of halogens is 1. The second-order valence-corrected chi connectivity index (χ2v) is 6.71. The van der Waals surface area contributed by atoms with E-state index in [1.54, 1.807) is 0 Å². The number of benzene rings is 2. The molecule has 2 N–H and O–H groups in total. The van der Waals surface area contributed by atoms with E-state index in [-0.39, 0.29) is 18.6 Å². The Hall–Kier alpha value is -2.77. The summed E-state index contributed by atoms with van der Waals surface area (Å²) in [4.78, 5) is 26.2. The van der Waals surface area contributed by atoms with E-state index in [2.05, 4.69) is 27.7 Å². The Morgan fingerprint density at radius 1 is 1.07 bits per heavy atom. The third kappa shape index (κ3) is 6.14. The zero-order chi connectivity index (χ0) is 19.8. The molecule has 0 bridgehead atoms. The minimum atomic E-state index is -0.418. The molecule has 1 atom stereocenters. The predicted octanol–water partition coefficient (Wildman–Crippen LogP) is 1.57. The lowest BCUT2D eigenvalue weighted by molar-refractivity contribution is -0.121. The largest absolute Gasteiger partial charge is 0.374 e. The maximum absolute atomic E-state index is 12.9. The molecule has 3 rings (SSSR count). The summed E-state index contributed by atoms with van der Waals surface area (Å²) in [5, 5.41) is 5.31. The minimum Gasteiger partial charge on any atom is -0.374 e. The van der Waals surface area contributed by atoms with E-state index in [0.29, 0.717) is 18.7 Å². The number of carbonyl (C=O) groups excluding carboxylic acids is 2. The van der Waals surface area contributed by atoms with E-state index in [0.717, 1.165) is 19.6 Å². The molecule has 7 heteroatoms. The Morgan fingerprint density at radius 2 is 1.82 bits per heavy atom. The number of amides is 2. The molecule has 2 aromatic carbocycles. The third-order valence-corrected chi connectivity index (χ3v) is 4.51. The molecule has 1 aliphatic heterocycles. The molecular weight excluding hydrogens is 361 g/mol. The summed E-state index contributed by atoms with van der Waals surface area (Å²) < 4.78 is 18.6. The van der Waals surface area contributed by atoms with Crippen LogP contribution in [0.15, 0.2) is 54.6 Å². The van der Waals surface area contributed by atoms with Crippen LogP contribution >= 0.6 is 0 Å². The molecule has 2 amide bonds. The number of ether oxygens (including phenoxy) is 1. The van der Waals surface area contributed by atoms with Gasteiger partial charge in [-0.1, -0.05) is 30.3 Å². The summed E-state index contributed by atoms with van der Waals surface area (Å²) in [6.07, 6.45) is -0.0887. The highest BCUT2D eigenvalue weighted by atomic mass is 19.1. The highest BCUT2D eigenvalue weighted by Crippen LogP contribution is 2.10. The van der Waals surface area contributed by atoms with Crippen molar-refractivity contribution < 1.29 is 18.7 Å². The van der Waals surface area contributed by atoms with Crippen LogP contribution in [0.3, 0.4) is 0 Å². The van der Waals surface area contributed by atoms with Gasteiger partial charge in [-0.05, 0) is 29.8 Å². The van der Waals surface area contributed by atoms with Crippen molar-refractivity contribution in [2.24, 2.45) is 0 Å². The van der Waals surface area contributed by atoms with Gasteiger partial charge in [-0.2, -0.15) is 0 Å². The molecule has 1 unspecified atom stereocenters. The van der Waals surface area contributed by atoms with Crippen molar-refractivity contribution in [2.45, 2.75) is 12.6 Å². The van der Waals surface area contributed by atoms with Crippen molar-refractivity contribution >= 4 is 11.8 Å². The van der Waals surface area contributed by atoms with Gasteiger partial charge in [0.1, 0.15) is 5.82 Å². The molecule has 1 saturated heterocycles. The number of nitrogens with zero attached hydrogens (tertiary/aromatic N) is 1. The first-order valence-corrected chi connectivity index (χ1v) is 9.28. The highest BCUT2D eigenvalue weighted by molar-refractivity contribution is 5.96. The molecule has 1 heterocycles. The Kier molecular flexibility index (Phi) is 7.11. The SMILES string of the molecule is O=C(CNC(=O)c1ccc(F)cc1)NCC1CN(Cc2ccccc2)CCO1. The monoisotopic (exact) mass is 385 g/mol. The predicted molar refractivity (Wildman–Crippen MR) is 103 cm³/mol. The smallest absolute Gasteiger partial charge is 0.251 e. The van der Waals surface area contributed by atoms with E-state index >= 15 is 0 Å². The topological polar surface area (TPSA) is 70.7 Å². The van der Waals surface area contributed by atoms with Gasteiger partial charge in [0.2, 0.25) is 5.91 Å². The van der Waals surface area contributed by atoms with Crippen molar-refractivity contribution in [2.75, 3.05) is 32.8 Å². The summed E-state index contributed by atoms with van der Waals surface area (Å²) >= 11 is 0. The van der Waals surface area contributed by atoms with E-state index in [1.807, 2.05) is 18.2 Å². The van der Waals surface area contributed by atoms with Crippen LogP contribution in [0.2, 0.25) is 0 Å². The van der Waals surface area contributed by atoms with Crippen LogP contribution in [0.1, 0.15) is 15.9 Å². The Labute approximate surface area is 163 Å². The van der Waals surface area contributed by atoms with E-state index in [1.165, 1.54) is 29.8 Å². The molecule has 0 spiro atoms. The molecule has 0 aliphatic carbocycles. The Bertz CT molecular complexity index is 783. The quantitative estimate of drug-likeness (QED) is 0.759. The lowest BCUT2D eigenvalue weighted by atomic mass is 10.2. The van der Waals surface area contributed by atoms with Crippen LogP contribution in [0.25, 0.3) is 0 Å². The first-order chi connectivity index (χ1) is 13.6. The van der Waals surface area contributed by atoms with Crippen LogP contribution in [0.4, 0.5) is 4.39 Å². The minimum absolute atomic E-state index is 0.0887. The van der Waals surface area contributed by atoms with Crippen molar-refractivity contribution in [1.82, 2.24) is 15.5 Å². The van der Waals surface area contributed by atoms with Gasteiger partial charge in [0, 0.05) is 31.7 Å². The second kappa shape index (κ2) is 9.96. The van der Waals surface area contributed by atoms with Gasteiger partial charge in [0.05, 0.1) is 19.3 Å². The number of morpholine rings is 1. The molecule has 148 valence electrons. The summed E-state index contributed by atoms with van der Waals surface area (Å²) in [5.74, 6) is -1.12. The van der Waals surface area contributed by atoms with E-state index in [9.17, 15) is 14.0 Å². The zero-order valence-electron chi connectivity index (χ0n) is 15.6. The normalized spacial score (nSPS) is 17.1. The van der Waals surface area contributed by atoms with E-state index in [4.69, 9.17) is 4.74 Å². The van der Waals surface area contributed by atoms with Gasteiger partial charge in [0.15, 0.2) is 0 Å².